The third-order valence-corrected chi connectivity index (χ3v) is 3.17. The van der Waals surface area contributed by atoms with Crippen molar-refractivity contribution in [1.29, 1.82) is 0 Å². The van der Waals surface area contributed by atoms with Crippen molar-refractivity contribution in [2.75, 3.05) is 26.8 Å². The highest BCUT2D eigenvalue weighted by molar-refractivity contribution is 5.70. The van der Waals surface area contributed by atoms with Crippen LogP contribution in [0.5, 0.6) is 0 Å². The van der Waals surface area contributed by atoms with E-state index in [9.17, 15) is 9.90 Å². The minimum Gasteiger partial charge on any atom is -0.481 e. The highest BCUT2D eigenvalue weighted by atomic mass is 16.5. The topological polar surface area (TPSA) is 70.0 Å². The van der Waals surface area contributed by atoms with Gasteiger partial charge < -0.3 is 14.9 Å². The maximum Gasteiger partial charge on any atom is 0.306 e. The summed E-state index contributed by atoms with van der Waals surface area (Å²) in [7, 11) is 1.56. The predicted molar refractivity (Wildman–Crippen MR) is 59.3 cm³/mol. The van der Waals surface area contributed by atoms with E-state index in [0.717, 1.165) is 6.54 Å². The standard InChI is InChI=1S/C11H21NO4/c1-8-5-9(11(14)15)3-4-12(8)6-10(13)7-16-2/h8-10,13H,3-7H2,1-2H3,(H,14,15). The van der Waals surface area contributed by atoms with E-state index in [-0.39, 0.29) is 12.0 Å². The van der Waals surface area contributed by atoms with Crippen LogP contribution in [0.25, 0.3) is 0 Å². The molecule has 3 atom stereocenters. The van der Waals surface area contributed by atoms with Gasteiger partial charge >= 0.3 is 5.97 Å². The normalized spacial score (nSPS) is 28.9. The first kappa shape index (κ1) is 13.4. The number of piperidine rings is 1. The molecule has 5 heteroatoms. The van der Waals surface area contributed by atoms with Gasteiger partial charge in [-0.05, 0) is 26.3 Å². The van der Waals surface area contributed by atoms with Crippen molar-refractivity contribution in [3.8, 4) is 0 Å². The number of aliphatic hydroxyl groups excluding tert-OH is 1. The molecule has 0 aliphatic carbocycles. The lowest BCUT2D eigenvalue weighted by Gasteiger charge is -2.37. The first-order valence-corrected chi connectivity index (χ1v) is 5.68. The van der Waals surface area contributed by atoms with Gasteiger partial charge in [-0.1, -0.05) is 0 Å². The number of β-amino-alcohol motifs (C(OH)–C–C–N with tert-alkyl or cyclic N) is 1. The van der Waals surface area contributed by atoms with Crippen LogP contribution < -0.4 is 0 Å². The van der Waals surface area contributed by atoms with E-state index in [2.05, 4.69) is 4.90 Å². The molecule has 0 amide bonds. The molecule has 0 aromatic rings. The Morgan fingerprint density at radius 3 is 2.81 bits per heavy atom. The Morgan fingerprint density at radius 2 is 2.31 bits per heavy atom. The van der Waals surface area contributed by atoms with Crippen LogP contribution in [0.2, 0.25) is 0 Å². The number of aliphatic hydroxyl groups is 1. The van der Waals surface area contributed by atoms with Crippen LogP contribution in [-0.2, 0) is 9.53 Å². The molecule has 3 unspecified atom stereocenters. The van der Waals surface area contributed by atoms with E-state index in [1.807, 2.05) is 6.92 Å². The van der Waals surface area contributed by atoms with E-state index in [1.54, 1.807) is 7.11 Å². The minimum atomic E-state index is -0.705. The molecule has 16 heavy (non-hydrogen) atoms. The smallest absolute Gasteiger partial charge is 0.306 e. The van der Waals surface area contributed by atoms with Gasteiger partial charge in [0.1, 0.15) is 0 Å². The number of methoxy groups -OCH3 is 1. The summed E-state index contributed by atoms with van der Waals surface area (Å²) in [6.45, 7) is 3.63. The largest absolute Gasteiger partial charge is 0.481 e. The van der Waals surface area contributed by atoms with Crippen LogP contribution in [0.1, 0.15) is 19.8 Å². The van der Waals surface area contributed by atoms with Crippen LogP contribution in [0.4, 0.5) is 0 Å². The van der Waals surface area contributed by atoms with Gasteiger partial charge in [-0.2, -0.15) is 0 Å². The minimum absolute atomic E-state index is 0.210. The van der Waals surface area contributed by atoms with Crippen molar-refractivity contribution < 1.29 is 19.7 Å². The summed E-state index contributed by atoms with van der Waals surface area (Å²) < 4.78 is 4.87. The van der Waals surface area contributed by atoms with Gasteiger partial charge in [0.25, 0.3) is 0 Å². The molecule has 0 aromatic heterocycles. The fraction of sp³-hybridized carbons (Fsp3) is 0.909. The molecule has 0 radical (unpaired) electrons. The second-order valence-electron chi connectivity index (χ2n) is 4.51. The molecule has 94 valence electrons. The Morgan fingerprint density at radius 1 is 1.62 bits per heavy atom. The number of carboxylic acid groups (broad SMARTS) is 1. The van der Waals surface area contributed by atoms with E-state index >= 15 is 0 Å². The van der Waals surface area contributed by atoms with Crippen molar-refractivity contribution in [3.63, 3.8) is 0 Å². The number of likely N-dealkylation sites (tertiary alicyclic amines) is 1. The molecule has 0 bridgehead atoms. The predicted octanol–water partition coefficient (Wildman–Crippen LogP) is 0.179. The van der Waals surface area contributed by atoms with Crippen molar-refractivity contribution in [2.24, 2.45) is 5.92 Å². The Bertz CT molecular complexity index is 234. The lowest BCUT2D eigenvalue weighted by molar-refractivity contribution is -0.144. The summed E-state index contributed by atoms with van der Waals surface area (Å²) >= 11 is 0. The van der Waals surface area contributed by atoms with E-state index < -0.39 is 12.1 Å². The molecule has 1 saturated heterocycles. The van der Waals surface area contributed by atoms with Gasteiger partial charge in [0.15, 0.2) is 0 Å². The average Bonchev–Trinajstić information content (AvgIpc) is 2.21. The first-order chi connectivity index (χ1) is 7.54. The number of carboxylic acids is 1. The van der Waals surface area contributed by atoms with Crippen LogP contribution in [0, 0.1) is 5.92 Å². The summed E-state index contributed by atoms with van der Waals surface area (Å²) in [6.07, 6.45) is 0.836. The molecule has 5 nitrogen and oxygen atoms in total. The van der Waals surface area contributed by atoms with E-state index in [0.29, 0.717) is 26.0 Å². The van der Waals surface area contributed by atoms with Crippen molar-refractivity contribution in [2.45, 2.75) is 31.9 Å². The van der Waals surface area contributed by atoms with Crippen LogP contribution in [-0.4, -0.2) is 60.0 Å². The molecule has 1 heterocycles. The number of aliphatic carboxylic acids is 1. The van der Waals surface area contributed by atoms with Crippen LogP contribution in [0.15, 0.2) is 0 Å². The second-order valence-corrected chi connectivity index (χ2v) is 4.51. The third-order valence-electron chi connectivity index (χ3n) is 3.17. The Balaban J connectivity index is 2.38. The number of carbonyl (C=O) groups is 1. The average molecular weight is 231 g/mol. The quantitative estimate of drug-likeness (QED) is 0.706. The molecule has 0 spiro atoms. The molecule has 1 rings (SSSR count). The number of hydrogen-bond donors (Lipinski definition) is 2. The van der Waals surface area contributed by atoms with E-state index in [1.165, 1.54) is 0 Å². The molecular weight excluding hydrogens is 210 g/mol. The van der Waals surface area contributed by atoms with Gasteiger partial charge in [-0.3, -0.25) is 9.69 Å². The van der Waals surface area contributed by atoms with Gasteiger partial charge in [-0.25, -0.2) is 0 Å². The van der Waals surface area contributed by atoms with Crippen LogP contribution >= 0.6 is 0 Å². The number of rotatable bonds is 5. The van der Waals surface area contributed by atoms with Crippen molar-refractivity contribution >= 4 is 5.97 Å². The number of hydrogen-bond acceptors (Lipinski definition) is 4. The lowest BCUT2D eigenvalue weighted by atomic mass is 9.91. The Hall–Kier alpha value is -0.650. The molecule has 1 aliphatic heterocycles. The summed E-state index contributed by atoms with van der Waals surface area (Å²) in [5.41, 5.74) is 0. The SMILES string of the molecule is COCC(O)CN1CCC(C(=O)O)CC1C. The summed E-state index contributed by atoms with van der Waals surface area (Å²) in [5, 5.41) is 18.5. The molecule has 1 aliphatic rings. The van der Waals surface area contributed by atoms with Crippen LogP contribution in [0.3, 0.4) is 0 Å². The highest BCUT2D eigenvalue weighted by Crippen LogP contribution is 2.22. The summed E-state index contributed by atoms with van der Waals surface area (Å²) in [4.78, 5) is 13.0. The number of nitrogens with zero attached hydrogens (tertiary/aromatic N) is 1. The Kier molecular flexibility index (Phi) is 5.18. The van der Waals surface area contributed by atoms with E-state index in [4.69, 9.17) is 9.84 Å². The first-order valence-electron chi connectivity index (χ1n) is 5.68. The maximum atomic E-state index is 10.8. The second kappa shape index (κ2) is 6.18. The molecular formula is C11H21NO4. The zero-order chi connectivity index (χ0) is 12.1. The third kappa shape index (κ3) is 3.73. The molecule has 0 aromatic carbocycles. The Labute approximate surface area is 96.0 Å². The zero-order valence-corrected chi connectivity index (χ0v) is 9.93. The summed E-state index contributed by atoms with van der Waals surface area (Å²) in [6, 6.07) is 0.210. The monoisotopic (exact) mass is 231 g/mol. The van der Waals surface area contributed by atoms with Gasteiger partial charge in [-0.15, -0.1) is 0 Å². The van der Waals surface area contributed by atoms with Crippen molar-refractivity contribution in [1.82, 2.24) is 4.90 Å². The zero-order valence-electron chi connectivity index (χ0n) is 9.93. The van der Waals surface area contributed by atoms with Gasteiger partial charge in [0.2, 0.25) is 0 Å². The molecule has 1 fully saturated rings. The fourth-order valence-corrected chi connectivity index (χ4v) is 2.23. The highest BCUT2D eigenvalue weighted by Gasteiger charge is 2.30. The van der Waals surface area contributed by atoms with Crippen molar-refractivity contribution in [3.05, 3.63) is 0 Å². The maximum absolute atomic E-state index is 10.8. The van der Waals surface area contributed by atoms with Gasteiger partial charge in [0.05, 0.1) is 18.6 Å². The molecule has 2 N–H and O–H groups in total. The lowest BCUT2D eigenvalue weighted by Crippen LogP contribution is -2.46. The summed E-state index contributed by atoms with van der Waals surface area (Å²) in [5.74, 6) is -0.935. The molecule has 0 saturated carbocycles. The fourth-order valence-electron chi connectivity index (χ4n) is 2.23. The number of ether oxygens (including phenoxy) is 1. The van der Waals surface area contributed by atoms with Gasteiger partial charge in [0, 0.05) is 19.7 Å².